The van der Waals surface area contributed by atoms with Gasteiger partial charge in [-0.25, -0.2) is 0 Å². The van der Waals surface area contributed by atoms with Crippen molar-refractivity contribution in [2.75, 3.05) is 18.0 Å². The van der Waals surface area contributed by atoms with Crippen molar-refractivity contribution in [3.63, 3.8) is 0 Å². The number of hydrogen-bond acceptors (Lipinski definition) is 3. The Morgan fingerprint density at radius 3 is 2.16 bits per heavy atom. The second kappa shape index (κ2) is 10.1. The van der Waals surface area contributed by atoms with Crippen LogP contribution in [0.4, 0.5) is 5.69 Å². The molecule has 0 radical (unpaired) electrons. The highest BCUT2D eigenvalue weighted by Gasteiger charge is 2.10. The number of unbranched alkanes of at least 4 members (excludes halogenated alkanes) is 2. The average molecular weight is 360 g/mol. The Labute approximate surface area is 155 Å². The smallest absolute Gasteiger partial charge is 0.150 e. The molecule has 0 atom stereocenters. The lowest BCUT2D eigenvalue weighted by molar-refractivity contribution is 0.112. The van der Waals surface area contributed by atoms with E-state index in [2.05, 4.69) is 24.8 Å². The molecule has 0 spiro atoms. The van der Waals surface area contributed by atoms with Gasteiger partial charge in [-0.15, -0.1) is 0 Å². The fraction of sp³-hybridized carbons (Fsp3) is 0.381. The molecule has 0 aliphatic rings. The maximum absolute atomic E-state index is 10.7. The zero-order chi connectivity index (χ0) is 18.1. The van der Waals surface area contributed by atoms with Crippen LogP contribution >= 0.6 is 11.6 Å². The van der Waals surface area contributed by atoms with Gasteiger partial charge in [0.25, 0.3) is 0 Å². The number of carbonyl (C=O) groups excluding carboxylic acids is 1. The molecule has 0 aliphatic heterocycles. The van der Waals surface area contributed by atoms with Gasteiger partial charge in [-0.05, 0) is 55.3 Å². The van der Waals surface area contributed by atoms with Gasteiger partial charge in [0.15, 0.2) is 0 Å². The number of benzene rings is 2. The maximum Gasteiger partial charge on any atom is 0.150 e. The van der Waals surface area contributed by atoms with Gasteiger partial charge in [0, 0.05) is 24.3 Å². The van der Waals surface area contributed by atoms with Crippen molar-refractivity contribution in [2.24, 2.45) is 0 Å². The Morgan fingerprint density at radius 1 is 1.00 bits per heavy atom. The first-order valence-electron chi connectivity index (χ1n) is 8.95. The van der Waals surface area contributed by atoms with E-state index >= 15 is 0 Å². The molecule has 0 N–H and O–H groups in total. The number of halogens is 1. The third kappa shape index (κ3) is 5.79. The van der Waals surface area contributed by atoms with Gasteiger partial charge in [0.2, 0.25) is 0 Å². The fourth-order valence-corrected chi connectivity index (χ4v) is 2.79. The van der Waals surface area contributed by atoms with Crippen molar-refractivity contribution in [1.29, 1.82) is 0 Å². The van der Waals surface area contributed by atoms with E-state index in [1.54, 1.807) is 24.3 Å². The lowest BCUT2D eigenvalue weighted by Crippen LogP contribution is -2.25. The summed E-state index contributed by atoms with van der Waals surface area (Å²) < 4.78 is 5.84. The highest BCUT2D eigenvalue weighted by atomic mass is 35.5. The molecule has 0 saturated carbocycles. The largest absolute Gasteiger partial charge is 0.456 e. The lowest BCUT2D eigenvalue weighted by Gasteiger charge is -2.25. The molecule has 3 nitrogen and oxygen atoms in total. The molecule has 2 rings (SSSR count). The maximum atomic E-state index is 10.7. The Morgan fingerprint density at radius 2 is 1.64 bits per heavy atom. The third-order valence-electron chi connectivity index (χ3n) is 4.09. The standard InChI is InChI=1S/C21H26ClNO2/c1-3-5-13-23(14-6-4-2)18-9-12-21(20(22)15-18)25-19-10-7-17(16-24)8-11-19/h7-12,15-16H,3-6,13-14H2,1-2H3. The second-order valence-electron chi connectivity index (χ2n) is 6.10. The summed E-state index contributed by atoms with van der Waals surface area (Å²) in [6.45, 7) is 6.50. The lowest BCUT2D eigenvalue weighted by atomic mass is 10.2. The van der Waals surface area contributed by atoms with Crippen LogP contribution in [0, 0.1) is 0 Å². The molecule has 0 aromatic heterocycles. The number of nitrogens with zero attached hydrogens (tertiary/aromatic N) is 1. The molecule has 25 heavy (non-hydrogen) atoms. The van der Waals surface area contributed by atoms with Crippen molar-refractivity contribution >= 4 is 23.6 Å². The Hall–Kier alpha value is -2.00. The minimum atomic E-state index is 0.593. The zero-order valence-electron chi connectivity index (χ0n) is 15.0. The van der Waals surface area contributed by atoms with Crippen LogP contribution in [-0.4, -0.2) is 19.4 Å². The van der Waals surface area contributed by atoms with Crippen LogP contribution in [0.3, 0.4) is 0 Å². The molecule has 0 saturated heterocycles. The van der Waals surface area contributed by atoms with Crippen LogP contribution in [0.15, 0.2) is 42.5 Å². The molecule has 0 amide bonds. The van der Waals surface area contributed by atoms with Crippen LogP contribution in [0.2, 0.25) is 5.02 Å². The first-order chi connectivity index (χ1) is 12.2. The predicted molar refractivity (Wildman–Crippen MR) is 105 cm³/mol. The molecule has 2 aromatic carbocycles. The van der Waals surface area contributed by atoms with Crippen LogP contribution in [0.1, 0.15) is 49.9 Å². The van der Waals surface area contributed by atoms with Crippen molar-refractivity contribution in [1.82, 2.24) is 0 Å². The summed E-state index contributed by atoms with van der Waals surface area (Å²) in [6.07, 6.45) is 5.50. The molecule has 0 aliphatic carbocycles. The number of hydrogen-bond donors (Lipinski definition) is 0. The van der Waals surface area contributed by atoms with Gasteiger partial charge in [0.1, 0.15) is 17.8 Å². The summed E-state index contributed by atoms with van der Waals surface area (Å²) in [7, 11) is 0. The third-order valence-corrected chi connectivity index (χ3v) is 4.38. The van der Waals surface area contributed by atoms with Gasteiger partial charge < -0.3 is 9.64 Å². The van der Waals surface area contributed by atoms with Crippen LogP contribution in [0.25, 0.3) is 0 Å². The van der Waals surface area contributed by atoms with Crippen molar-refractivity contribution in [2.45, 2.75) is 39.5 Å². The Kier molecular flexibility index (Phi) is 7.80. The fourth-order valence-electron chi connectivity index (χ4n) is 2.58. The predicted octanol–water partition coefficient (Wildman–Crippen LogP) is 6.35. The van der Waals surface area contributed by atoms with E-state index in [0.29, 0.717) is 22.1 Å². The highest BCUT2D eigenvalue weighted by Crippen LogP contribution is 2.33. The summed E-state index contributed by atoms with van der Waals surface area (Å²) in [4.78, 5) is 13.1. The number of anilines is 1. The molecule has 0 heterocycles. The van der Waals surface area contributed by atoms with Crippen LogP contribution < -0.4 is 9.64 Å². The molecule has 0 unspecified atom stereocenters. The van der Waals surface area contributed by atoms with E-state index in [9.17, 15) is 4.79 Å². The Balaban J connectivity index is 2.12. The van der Waals surface area contributed by atoms with E-state index in [1.165, 1.54) is 25.7 Å². The summed E-state index contributed by atoms with van der Waals surface area (Å²) in [6, 6.07) is 12.9. The van der Waals surface area contributed by atoms with E-state index < -0.39 is 0 Å². The van der Waals surface area contributed by atoms with Gasteiger partial charge in [-0.2, -0.15) is 0 Å². The molecule has 0 bridgehead atoms. The van der Waals surface area contributed by atoms with Crippen LogP contribution in [-0.2, 0) is 0 Å². The monoisotopic (exact) mass is 359 g/mol. The molecule has 2 aromatic rings. The van der Waals surface area contributed by atoms with E-state index in [-0.39, 0.29) is 0 Å². The minimum Gasteiger partial charge on any atom is -0.456 e. The Bertz CT molecular complexity index is 662. The van der Waals surface area contributed by atoms with E-state index in [0.717, 1.165) is 25.1 Å². The van der Waals surface area contributed by atoms with E-state index in [4.69, 9.17) is 16.3 Å². The molecule has 0 fully saturated rings. The highest BCUT2D eigenvalue weighted by molar-refractivity contribution is 6.32. The van der Waals surface area contributed by atoms with Crippen molar-refractivity contribution < 1.29 is 9.53 Å². The van der Waals surface area contributed by atoms with Crippen molar-refractivity contribution in [3.05, 3.63) is 53.1 Å². The summed E-state index contributed by atoms with van der Waals surface area (Å²) in [5.41, 5.74) is 1.76. The normalized spacial score (nSPS) is 10.5. The topological polar surface area (TPSA) is 29.5 Å². The SMILES string of the molecule is CCCCN(CCCC)c1ccc(Oc2ccc(C=O)cc2)c(Cl)c1. The summed E-state index contributed by atoms with van der Waals surface area (Å²) in [5, 5.41) is 0.593. The second-order valence-corrected chi connectivity index (χ2v) is 6.51. The zero-order valence-corrected chi connectivity index (χ0v) is 15.8. The number of rotatable bonds is 10. The number of carbonyl (C=O) groups is 1. The van der Waals surface area contributed by atoms with E-state index in [1.807, 2.05) is 12.1 Å². The quantitative estimate of drug-likeness (QED) is 0.463. The molecular formula is C21H26ClNO2. The van der Waals surface area contributed by atoms with Gasteiger partial charge in [-0.3, -0.25) is 4.79 Å². The molecular weight excluding hydrogens is 334 g/mol. The number of ether oxygens (including phenoxy) is 1. The minimum absolute atomic E-state index is 0.593. The summed E-state index contributed by atoms with van der Waals surface area (Å²) >= 11 is 6.44. The number of aldehydes is 1. The van der Waals surface area contributed by atoms with Gasteiger partial charge in [0.05, 0.1) is 5.02 Å². The van der Waals surface area contributed by atoms with Crippen LogP contribution in [0.5, 0.6) is 11.5 Å². The summed E-state index contributed by atoms with van der Waals surface area (Å²) in [5.74, 6) is 1.28. The van der Waals surface area contributed by atoms with Crippen molar-refractivity contribution in [3.8, 4) is 11.5 Å². The van der Waals surface area contributed by atoms with Gasteiger partial charge in [-0.1, -0.05) is 38.3 Å². The molecule has 4 heteroatoms. The molecule has 134 valence electrons. The van der Waals surface area contributed by atoms with Gasteiger partial charge >= 0.3 is 0 Å². The first kappa shape index (κ1) is 19.3. The average Bonchev–Trinajstić information content (AvgIpc) is 2.64. The first-order valence-corrected chi connectivity index (χ1v) is 9.33.